The largest absolute Gasteiger partial charge is 0.320 e. The molecule has 1 amide bonds. The second kappa shape index (κ2) is 5.77. The first kappa shape index (κ1) is 11.2. The molecule has 0 atom stereocenters. The van der Waals surface area contributed by atoms with Crippen molar-refractivity contribution in [1.82, 2.24) is 9.80 Å². The number of amides is 1. The van der Waals surface area contributed by atoms with Gasteiger partial charge in [0.25, 0.3) is 0 Å². The average molecular weight is 170 g/mol. The van der Waals surface area contributed by atoms with Crippen LogP contribution in [-0.2, 0) is 4.79 Å². The van der Waals surface area contributed by atoms with E-state index < -0.39 is 0 Å². The summed E-state index contributed by atoms with van der Waals surface area (Å²) >= 11 is 0. The Kier molecular flexibility index (Phi) is 5.37. The molecule has 0 bridgehead atoms. The van der Waals surface area contributed by atoms with Gasteiger partial charge in [-0.1, -0.05) is 6.58 Å². The van der Waals surface area contributed by atoms with Crippen molar-refractivity contribution in [2.45, 2.75) is 13.3 Å². The summed E-state index contributed by atoms with van der Waals surface area (Å²) in [5.74, 6) is 0.0590. The van der Waals surface area contributed by atoms with Gasteiger partial charge in [0.05, 0.1) is 0 Å². The van der Waals surface area contributed by atoms with E-state index in [9.17, 15) is 4.79 Å². The number of hydrogen-bond donors (Lipinski definition) is 0. The number of hydrogen-bond acceptors (Lipinski definition) is 2. The summed E-state index contributed by atoms with van der Waals surface area (Å²) in [6.45, 7) is 6.88. The van der Waals surface area contributed by atoms with Crippen LogP contribution in [0.4, 0.5) is 0 Å². The normalized spacial score (nSPS) is 10.0. The van der Waals surface area contributed by atoms with Crippen LogP contribution in [0.2, 0.25) is 0 Å². The van der Waals surface area contributed by atoms with Crippen LogP contribution in [0.25, 0.3) is 0 Å². The molecule has 3 nitrogen and oxygen atoms in total. The van der Waals surface area contributed by atoms with Crippen LogP contribution in [0.3, 0.4) is 0 Å². The number of rotatable bonds is 5. The molecule has 0 spiro atoms. The van der Waals surface area contributed by atoms with E-state index >= 15 is 0 Å². The Morgan fingerprint density at radius 2 is 2.00 bits per heavy atom. The monoisotopic (exact) mass is 170 g/mol. The Labute approximate surface area is 74.7 Å². The number of carbonyl (C=O) groups excluding carboxylic acids is 1. The van der Waals surface area contributed by atoms with Gasteiger partial charge in [-0.2, -0.15) is 0 Å². The second-order valence-corrected chi connectivity index (χ2v) is 3.05. The highest BCUT2D eigenvalue weighted by Crippen LogP contribution is 1.93. The van der Waals surface area contributed by atoms with Gasteiger partial charge in [-0.3, -0.25) is 4.79 Å². The number of carbonyl (C=O) groups is 1. The summed E-state index contributed by atoms with van der Waals surface area (Å²) in [7, 11) is 4.04. The molecular formula is C9H18N2O. The topological polar surface area (TPSA) is 23.6 Å². The SMILES string of the molecule is C=CN(CCCN(C)C)C(C)=O. The third kappa shape index (κ3) is 4.91. The minimum atomic E-state index is 0.0590. The quantitative estimate of drug-likeness (QED) is 0.613. The molecule has 12 heavy (non-hydrogen) atoms. The van der Waals surface area contributed by atoms with E-state index in [0.29, 0.717) is 0 Å². The van der Waals surface area contributed by atoms with Crippen molar-refractivity contribution in [3.05, 3.63) is 12.8 Å². The lowest BCUT2D eigenvalue weighted by Gasteiger charge is -2.17. The van der Waals surface area contributed by atoms with Gasteiger partial charge in [0, 0.05) is 13.5 Å². The van der Waals surface area contributed by atoms with E-state index in [0.717, 1.165) is 19.5 Å². The summed E-state index contributed by atoms with van der Waals surface area (Å²) < 4.78 is 0. The Hall–Kier alpha value is -0.830. The maximum atomic E-state index is 10.9. The van der Waals surface area contributed by atoms with Gasteiger partial charge in [0.2, 0.25) is 5.91 Å². The lowest BCUT2D eigenvalue weighted by Crippen LogP contribution is -2.26. The zero-order valence-electron chi connectivity index (χ0n) is 8.21. The molecule has 3 heteroatoms. The molecule has 0 aromatic heterocycles. The molecule has 0 aliphatic carbocycles. The van der Waals surface area contributed by atoms with Crippen LogP contribution in [0.1, 0.15) is 13.3 Å². The summed E-state index contributed by atoms with van der Waals surface area (Å²) in [6, 6.07) is 0. The first-order valence-corrected chi connectivity index (χ1v) is 4.12. The van der Waals surface area contributed by atoms with E-state index in [2.05, 4.69) is 11.5 Å². The molecule has 0 aliphatic rings. The van der Waals surface area contributed by atoms with Gasteiger partial charge < -0.3 is 9.80 Å². The lowest BCUT2D eigenvalue weighted by molar-refractivity contribution is -0.126. The van der Waals surface area contributed by atoms with Crippen molar-refractivity contribution in [1.29, 1.82) is 0 Å². The fourth-order valence-corrected chi connectivity index (χ4v) is 0.935. The van der Waals surface area contributed by atoms with E-state index in [1.807, 2.05) is 14.1 Å². The second-order valence-electron chi connectivity index (χ2n) is 3.05. The molecule has 0 aliphatic heterocycles. The smallest absolute Gasteiger partial charge is 0.223 e. The van der Waals surface area contributed by atoms with Gasteiger partial charge in [-0.25, -0.2) is 0 Å². The summed E-state index contributed by atoms with van der Waals surface area (Å²) in [4.78, 5) is 14.6. The molecule has 0 saturated carbocycles. The van der Waals surface area contributed by atoms with E-state index in [-0.39, 0.29) is 5.91 Å². The van der Waals surface area contributed by atoms with Crippen molar-refractivity contribution < 1.29 is 4.79 Å². The Morgan fingerprint density at radius 1 is 1.42 bits per heavy atom. The summed E-state index contributed by atoms with van der Waals surface area (Å²) in [5, 5.41) is 0. The van der Waals surface area contributed by atoms with E-state index in [4.69, 9.17) is 0 Å². The van der Waals surface area contributed by atoms with Gasteiger partial charge >= 0.3 is 0 Å². The standard InChI is InChI=1S/C9H18N2O/c1-5-11(9(2)12)8-6-7-10(3)4/h5H,1,6-8H2,2-4H3. The summed E-state index contributed by atoms with van der Waals surface area (Å²) in [5.41, 5.74) is 0. The molecule has 0 radical (unpaired) electrons. The van der Waals surface area contributed by atoms with Crippen molar-refractivity contribution >= 4 is 5.91 Å². The van der Waals surface area contributed by atoms with Crippen LogP contribution in [-0.4, -0.2) is 42.9 Å². The van der Waals surface area contributed by atoms with Crippen LogP contribution in [0.5, 0.6) is 0 Å². The maximum Gasteiger partial charge on any atom is 0.223 e. The molecule has 0 heterocycles. The van der Waals surface area contributed by atoms with Crippen LogP contribution in [0, 0.1) is 0 Å². The van der Waals surface area contributed by atoms with E-state index in [1.54, 1.807) is 18.0 Å². The molecule has 70 valence electrons. The van der Waals surface area contributed by atoms with Crippen molar-refractivity contribution in [2.24, 2.45) is 0 Å². The fourth-order valence-electron chi connectivity index (χ4n) is 0.935. The predicted molar refractivity (Wildman–Crippen MR) is 50.8 cm³/mol. The predicted octanol–water partition coefficient (Wildman–Crippen LogP) is 0.930. The Bertz CT molecular complexity index is 155. The minimum Gasteiger partial charge on any atom is -0.320 e. The highest BCUT2D eigenvalue weighted by atomic mass is 16.2. The van der Waals surface area contributed by atoms with Gasteiger partial charge in [0.15, 0.2) is 0 Å². The molecule has 0 saturated heterocycles. The minimum absolute atomic E-state index is 0.0590. The molecule has 0 fully saturated rings. The van der Waals surface area contributed by atoms with Crippen LogP contribution < -0.4 is 0 Å². The molecule has 0 rings (SSSR count). The van der Waals surface area contributed by atoms with Gasteiger partial charge in [-0.05, 0) is 33.3 Å². The third-order valence-electron chi connectivity index (χ3n) is 1.63. The number of nitrogens with zero attached hydrogens (tertiary/aromatic N) is 2. The molecule has 0 aromatic rings. The molecule has 0 unspecified atom stereocenters. The first-order valence-electron chi connectivity index (χ1n) is 4.12. The van der Waals surface area contributed by atoms with E-state index in [1.165, 1.54) is 0 Å². The van der Waals surface area contributed by atoms with Crippen molar-refractivity contribution in [3.8, 4) is 0 Å². The highest BCUT2D eigenvalue weighted by Gasteiger charge is 2.02. The van der Waals surface area contributed by atoms with Crippen LogP contribution >= 0.6 is 0 Å². The first-order chi connectivity index (χ1) is 5.57. The maximum absolute atomic E-state index is 10.9. The fraction of sp³-hybridized carbons (Fsp3) is 0.667. The van der Waals surface area contributed by atoms with Gasteiger partial charge in [-0.15, -0.1) is 0 Å². The zero-order valence-corrected chi connectivity index (χ0v) is 8.21. The van der Waals surface area contributed by atoms with Crippen molar-refractivity contribution in [2.75, 3.05) is 27.2 Å². The molecule has 0 N–H and O–H groups in total. The highest BCUT2D eigenvalue weighted by molar-refractivity contribution is 5.74. The molecular weight excluding hydrogens is 152 g/mol. The zero-order chi connectivity index (χ0) is 9.56. The van der Waals surface area contributed by atoms with Crippen LogP contribution in [0.15, 0.2) is 12.8 Å². The molecule has 0 aromatic carbocycles. The Morgan fingerprint density at radius 3 is 2.33 bits per heavy atom. The lowest BCUT2D eigenvalue weighted by atomic mass is 10.3. The Balaban J connectivity index is 3.59. The van der Waals surface area contributed by atoms with Crippen molar-refractivity contribution in [3.63, 3.8) is 0 Å². The van der Waals surface area contributed by atoms with Gasteiger partial charge in [0.1, 0.15) is 0 Å². The third-order valence-corrected chi connectivity index (χ3v) is 1.63. The summed E-state index contributed by atoms with van der Waals surface area (Å²) in [6.07, 6.45) is 2.57. The average Bonchev–Trinajstić information content (AvgIpc) is 1.96.